The lowest BCUT2D eigenvalue weighted by molar-refractivity contribution is -0.143. The van der Waals surface area contributed by atoms with E-state index in [1.54, 1.807) is 50.5 Å². The van der Waals surface area contributed by atoms with Crippen molar-refractivity contribution < 1.29 is 27.5 Å². The molecule has 0 radical (unpaired) electrons. The second-order valence-corrected chi connectivity index (χ2v) is 10.3. The monoisotopic (exact) mass is 605 g/mol. The predicted molar refractivity (Wildman–Crippen MR) is 161 cm³/mol. The van der Waals surface area contributed by atoms with Crippen molar-refractivity contribution in [3.05, 3.63) is 114 Å². The maximum atomic E-state index is 13.8. The smallest absolute Gasteiger partial charge is 0.383 e. The molecule has 4 aromatic rings. The molecule has 0 N–H and O–H groups in total. The Kier molecular flexibility index (Phi) is 10.7. The van der Waals surface area contributed by atoms with Crippen molar-refractivity contribution in [1.29, 1.82) is 0 Å². The van der Waals surface area contributed by atoms with Crippen LogP contribution in [0.5, 0.6) is 0 Å². The number of carbonyl (C=O) groups excluding carboxylic acids is 2. The number of methoxy groups -OCH3 is 1. The van der Waals surface area contributed by atoms with E-state index >= 15 is 0 Å². The minimum atomic E-state index is -4.46. The molecule has 44 heavy (non-hydrogen) atoms. The number of benzene rings is 2. The largest absolute Gasteiger partial charge is 0.416 e. The first-order valence-corrected chi connectivity index (χ1v) is 13.9. The average Bonchev–Trinajstić information content (AvgIpc) is 3.44. The van der Waals surface area contributed by atoms with Gasteiger partial charge in [-0.15, -0.1) is 0 Å². The lowest BCUT2D eigenvalue weighted by Gasteiger charge is -2.33. The Bertz CT molecular complexity index is 1550. The van der Waals surface area contributed by atoms with Crippen LogP contribution in [0.25, 0.3) is 17.2 Å². The molecule has 0 aliphatic carbocycles. The molecule has 2 aromatic heterocycles. The molecule has 2 heterocycles. The number of aryl methyl sites for hydroxylation is 1. The van der Waals surface area contributed by atoms with Gasteiger partial charge >= 0.3 is 6.18 Å². The Balaban J connectivity index is 1.67. The van der Waals surface area contributed by atoms with Crippen molar-refractivity contribution >= 4 is 17.9 Å². The van der Waals surface area contributed by atoms with Gasteiger partial charge in [-0.05, 0) is 58.7 Å². The normalized spacial score (nSPS) is 12.3. The highest BCUT2D eigenvalue weighted by atomic mass is 19.4. The number of halogens is 3. The molecule has 0 saturated carbocycles. The van der Waals surface area contributed by atoms with E-state index in [2.05, 4.69) is 10.1 Å². The van der Waals surface area contributed by atoms with Crippen molar-refractivity contribution in [1.82, 2.24) is 24.6 Å². The van der Waals surface area contributed by atoms with E-state index in [0.29, 0.717) is 24.4 Å². The lowest BCUT2D eigenvalue weighted by Crippen LogP contribution is -2.51. The van der Waals surface area contributed by atoms with Crippen LogP contribution in [0.2, 0.25) is 0 Å². The first-order valence-electron chi connectivity index (χ1n) is 13.9. The Morgan fingerprint density at radius 3 is 2.23 bits per heavy atom. The van der Waals surface area contributed by atoms with Crippen molar-refractivity contribution in [2.75, 3.05) is 27.3 Å². The molecule has 0 aliphatic heterocycles. The maximum Gasteiger partial charge on any atom is 0.416 e. The number of nitrogens with zero attached hydrogens (tertiary/aromatic N) is 5. The van der Waals surface area contributed by atoms with Crippen LogP contribution in [-0.2, 0) is 40.5 Å². The zero-order chi connectivity index (χ0) is 31.7. The zero-order valence-electron chi connectivity index (χ0n) is 24.7. The van der Waals surface area contributed by atoms with E-state index in [4.69, 9.17) is 4.74 Å². The molecule has 0 fully saturated rings. The van der Waals surface area contributed by atoms with E-state index in [1.165, 1.54) is 34.1 Å². The van der Waals surface area contributed by atoms with E-state index in [1.807, 2.05) is 36.4 Å². The summed E-state index contributed by atoms with van der Waals surface area (Å²) in [5.41, 5.74) is 3.01. The highest BCUT2D eigenvalue weighted by Crippen LogP contribution is 2.29. The van der Waals surface area contributed by atoms with Gasteiger partial charge in [-0.3, -0.25) is 19.3 Å². The Morgan fingerprint density at radius 2 is 1.64 bits per heavy atom. The van der Waals surface area contributed by atoms with Gasteiger partial charge in [0.1, 0.15) is 6.04 Å². The van der Waals surface area contributed by atoms with Gasteiger partial charge in [0, 0.05) is 65.4 Å². The molecule has 2 amide bonds. The van der Waals surface area contributed by atoms with Crippen LogP contribution in [0, 0.1) is 0 Å². The van der Waals surface area contributed by atoms with E-state index in [9.17, 15) is 22.8 Å². The first kappa shape index (κ1) is 32.2. The molecule has 0 saturated heterocycles. The molecule has 8 nitrogen and oxygen atoms in total. The number of hydrogen-bond donors (Lipinski definition) is 0. The number of rotatable bonds is 12. The number of carbonyl (C=O) groups is 2. The van der Waals surface area contributed by atoms with Gasteiger partial charge in [-0.1, -0.05) is 36.4 Å². The number of amides is 2. The van der Waals surface area contributed by atoms with Crippen LogP contribution in [-0.4, -0.2) is 69.7 Å². The molecule has 1 atom stereocenters. The van der Waals surface area contributed by atoms with Gasteiger partial charge in [0.25, 0.3) is 0 Å². The number of aromatic nitrogens is 3. The molecule has 0 spiro atoms. The quantitative estimate of drug-likeness (QED) is 0.206. The fourth-order valence-electron chi connectivity index (χ4n) is 4.63. The topological polar surface area (TPSA) is 80.6 Å². The Labute approximate surface area is 254 Å². The van der Waals surface area contributed by atoms with Crippen molar-refractivity contribution in [2.24, 2.45) is 7.05 Å². The number of hydrogen-bond acceptors (Lipinski definition) is 5. The summed E-state index contributed by atoms with van der Waals surface area (Å²) in [7, 11) is 4.96. The van der Waals surface area contributed by atoms with Gasteiger partial charge in [-0.2, -0.15) is 18.3 Å². The van der Waals surface area contributed by atoms with Gasteiger partial charge in [-0.25, -0.2) is 0 Å². The second-order valence-electron chi connectivity index (χ2n) is 10.3. The molecule has 0 bridgehead atoms. The summed E-state index contributed by atoms with van der Waals surface area (Å²) in [6.45, 7) is 0.739. The third kappa shape index (κ3) is 8.63. The standard InChI is InChI=1S/C33H34F3N5O3/c1-39(20-21-44-3)32(43)30(22-29-16-19-40(2)38-29)41(23-25-4-9-26(10-5-25)27-14-17-37-18-15-27)31(42)13-8-24-6-11-28(12-7-24)33(34,35)36/h4-19,30H,20-23H2,1-3H3/b13-8+. The van der Waals surface area contributed by atoms with Crippen molar-refractivity contribution in [3.63, 3.8) is 0 Å². The van der Waals surface area contributed by atoms with E-state index < -0.39 is 23.7 Å². The summed E-state index contributed by atoms with van der Waals surface area (Å²) >= 11 is 0. The number of pyridine rings is 1. The van der Waals surface area contributed by atoms with E-state index in [0.717, 1.165) is 28.8 Å². The van der Waals surface area contributed by atoms with Crippen LogP contribution in [0.15, 0.2) is 91.4 Å². The number of ether oxygens (including phenoxy) is 1. The Hall–Kier alpha value is -4.77. The summed E-state index contributed by atoms with van der Waals surface area (Å²) in [4.78, 5) is 34.7. The minimum absolute atomic E-state index is 0.105. The van der Waals surface area contributed by atoms with Crippen LogP contribution < -0.4 is 0 Å². The van der Waals surface area contributed by atoms with E-state index in [-0.39, 0.29) is 18.9 Å². The summed E-state index contributed by atoms with van der Waals surface area (Å²) < 4.78 is 45.9. The fourth-order valence-corrected chi connectivity index (χ4v) is 4.63. The van der Waals surface area contributed by atoms with Crippen molar-refractivity contribution in [2.45, 2.75) is 25.2 Å². The highest BCUT2D eigenvalue weighted by molar-refractivity contribution is 5.95. The third-order valence-electron chi connectivity index (χ3n) is 7.10. The average molecular weight is 606 g/mol. The van der Waals surface area contributed by atoms with Gasteiger partial charge in [0.05, 0.1) is 17.9 Å². The van der Waals surface area contributed by atoms with Crippen LogP contribution in [0.1, 0.15) is 22.4 Å². The van der Waals surface area contributed by atoms with Gasteiger partial charge in [0.2, 0.25) is 11.8 Å². The molecule has 2 aromatic carbocycles. The van der Waals surface area contributed by atoms with Crippen LogP contribution in [0.3, 0.4) is 0 Å². The molecule has 1 unspecified atom stereocenters. The molecular formula is C33H34F3N5O3. The fraction of sp³-hybridized carbons (Fsp3) is 0.273. The third-order valence-corrected chi connectivity index (χ3v) is 7.10. The number of likely N-dealkylation sites (N-methyl/N-ethyl adjacent to an activating group) is 1. The predicted octanol–water partition coefficient (Wildman–Crippen LogP) is 5.26. The number of alkyl halides is 3. The summed E-state index contributed by atoms with van der Waals surface area (Å²) in [5, 5.41) is 4.44. The molecule has 4 rings (SSSR count). The molecule has 11 heteroatoms. The minimum Gasteiger partial charge on any atom is -0.383 e. The SMILES string of the molecule is COCCN(C)C(=O)C(Cc1ccn(C)n1)N(Cc1ccc(-c2ccncc2)cc1)C(=O)/C=C/c1ccc(C(F)(F)F)cc1. The highest BCUT2D eigenvalue weighted by Gasteiger charge is 2.32. The van der Waals surface area contributed by atoms with Crippen LogP contribution in [0.4, 0.5) is 13.2 Å². The summed E-state index contributed by atoms with van der Waals surface area (Å²) in [5.74, 6) is -0.769. The lowest BCUT2D eigenvalue weighted by atomic mass is 10.0. The second kappa shape index (κ2) is 14.6. The van der Waals surface area contributed by atoms with Gasteiger partial charge in [0.15, 0.2) is 0 Å². The molecule has 0 aliphatic rings. The maximum absolute atomic E-state index is 13.8. The van der Waals surface area contributed by atoms with Crippen molar-refractivity contribution in [3.8, 4) is 11.1 Å². The zero-order valence-corrected chi connectivity index (χ0v) is 24.7. The first-order chi connectivity index (χ1) is 21.0. The summed E-state index contributed by atoms with van der Waals surface area (Å²) in [6, 6.07) is 16.8. The molecular weight excluding hydrogens is 571 g/mol. The Morgan fingerprint density at radius 1 is 0.977 bits per heavy atom. The van der Waals surface area contributed by atoms with Crippen LogP contribution >= 0.6 is 0 Å². The summed E-state index contributed by atoms with van der Waals surface area (Å²) in [6.07, 6.45) is 3.60. The van der Waals surface area contributed by atoms with Gasteiger partial charge < -0.3 is 14.5 Å². The molecule has 230 valence electrons.